The molecule has 2 aliphatic rings. The van der Waals surface area contributed by atoms with Gasteiger partial charge in [-0.05, 0) is 21.9 Å². The van der Waals surface area contributed by atoms with Crippen molar-refractivity contribution in [1.29, 1.82) is 0 Å². The van der Waals surface area contributed by atoms with E-state index in [2.05, 4.69) is 48.6 Å². The van der Waals surface area contributed by atoms with Crippen LogP contribution in [0.2, 0.25) is 0 Å². The first-order chi connectivity index (χ1) is 9.43. The van der Waals surface area contributed by atoms with E-state index in [-0.39, 0.29) is 6.10 Å². The molecule has 4 rings (SSSR count). The van der Waals surface area contributed by atoms with Crippen molar-refractivity contribution in [2.24, 2.45) is 0 Å². The van der Waals surface area contributed by atoms with E-state index in [1.807, 2.05) is 0 Å². The Morgan fingerprint density at radius 2 is 1.89 bits per heavy atom. The Balaban J connectivity index is 1.85. The fraction of sp³-hybridized carbons (Fsp3) is 0.294. The Morgan fingerprint density at radius 1 is 1.00 bits per heavy atom. The van der Waals surface area contributed by atoms with Crippen LogP contribution in [-0.2, 0) is 9.47 Å². The van der Waals surface area contributed by atoms with Gasteiger partial charge in [0, 0.05) is 5.92 Å². The zero-order chi connectivity index (χ0) is 12.7. The highest BCUT2D eigenvalue weighted by atomic mass is 16.6. The van der Waals surface area contributed by atoms with Crippen LogP contribution in [0.5, 0.6) is 0 Å². The molecule has 0 spiro atoms. The maximum Gasteiger partial charge on any atom is 0.0912 e. The fourth-order valence-corrected chi connectivity index (χ4v) is 3.17. The minimum absolute atomic E-state index is 0.143. The Bertz CT molecular complexity index is 634. The Hall–Kier alpha value is -1.64. The molecule has 0 bridgehead atoms. The molecule has 1 heterocycles. The summed E-state index contributed by atoms with van der Waals surface area (Å²) in [7, 11) is 0. The van der Waals surface area contributed by atoms with Crippen LogP contribution < -0.4 is 0 Å². The first-order valence-electron chi connectivity index (χ1n) is 6.83. The lowest BCUT2D eigenvalue weighted by Gasteiger charge is -2.31. The molecule has 0 aromatic heterocycles. The molecule has 0 N–H and O–H groups in total. The van der Waals surface area contributed by atoms with Gasteiger partial charge in [-0.3, -0.25) is 0 Å². The molecule has 19 heavy (non-hydrogen) atoms. The van der Waals surface area contributed by atoms with Gasteiger partial charge < -0.3 is 9.47 Å². The molecule has 96 valence electrons. The fourth-order valence-electron chi connectivity index (χ4n) is 3.17. The largest absolute Gasteiger partial charge is 0.376 e. The summed E-state index contributed by atoms with van der Waals surface area (Å²) in [6.07, 6.45) is 4.62. The molecule has 0 saturated carbocycles. The molecule has 2 heteroatoms. The third kappa shape index (κ3) is 1.79. The Labute approximate surface area is 112 Å². The molecule has 1 saturated heterocycles. The van der Waals surface area contributed by atoms with Crippen LogP contribution in [0.3, 0.4) is 0 Å². The van der Waals surface area contributed by atoms with Gasteiger partial charge in [-0.25, -0.2) is 0 Å². The number of rotatable bonds is 1. The van der Waals surface area contributed by atoms with E-state index in [0.29, 0.717) is 25.7 Å². The Morgan fingerprint density at radius 3 is 2.74 bits per heavy atom. The summed E-state index contributed by atoms with van der Waals surface area (Å²) in [6, 6.07) is 13.0. The van der Waals surface area contributed by atoms with E-state index >= 15 is 0 Å². The predicted molar refractivity (Wildman–Crippen MR) is 76.3 cm³/mol. The van der Waals surface area contributed by atoms with Crippen LogP contribution in [-0.4, -0.2) is 25.9 Å². The first kappa shape index (κ1) is 11.2. The lowest BCUT2D eigenvalue weighted by molar-refractivity contribution is -0.0927. The van der Waals surface area contributed by atoms with Gasteiger partial charge in [-0.1, -0.05) is 48.6 Å². The van der Waals surface area contributed by atoms with E-state index < -0.39 is 0 Å². The van der Waals surface area contributed by atoms with Crippen LogP contribution in [0.1, 0.15) is 17.0 Å². The first-order valence-corrected chi connectivity index (χ1v) is 6.83. The standard InChI is InChI=1S/C17H16O2/c1-3-12-5-2-6-15-14(16-11-18-9-10-19-16)8-7-13(4-1)17(12)15/h1-8,14,16H,9-11H2. The molecule has 1 fully saturated rings. The van der Waals surface area contributed by atoms with Gasteiger partial charge in [0.1, 0.15) is 0 Å². The topological polar surface area (TPSA) is 18.5 Å². The predicted octanol–water partition coefficient (Wildman–Crippen LogP) is 3.37. The van der Waals surface area contributed by atoms with Gasteiger partial charge in [-0.15, -0.1) is 0 Å². The maximum atomic E-state index is 5.89. The SMILES string of the molecule is C1=CC(C2COCCO2)c2cccc3cccc1c23. The quantitative estimate of drug-likeness (QED) is 0.774. The van der Waals surface area contributed by atoms with Crippen LogP contribution in [0.15, 0.2) is 42.5 Å². The van der Waals surface area contributed by atoms with E-state index in [1.165, 1.54) is 21.9 Å². The third-order valence-corrected chi connectivity index (χ3v) is 4.05. The summed E-state index contributed by atoms with van der Waals surface area (Å²) in [6.45, 7) is 2.11. The van der Waals surface area contributed by atoms with Crippen LogP contribution in [0.4, 0.5) is 0 Å². The maximum absolute atomic E-state index is 5.89. The summed E-state index contributed by atoms with van der Waals surface area (Å²) < 4.78 is 11.4. The third-order valence-electron chi connectivity index (χ3n) is 4.05. The summed E-state index contributed by atoms with van der Waals surface area (Å²) in [5.74, 6) is 0.305. The van der Waals surface area contributed by atoms with Crippen molar-refractivity contribution in [2.75, 3.05) is 19.8 Å². The molecule has 0 amide bonds. The van der Waals surface area contributed by atoms with Crippen LogP contribution >= 0.6 is 0 Å². The molecular weight excluding hydrogens is 236 g/mol. The highest BCUT2D eigenvalue weighted by Crippen LogP contribution is 2.37. The van der Waals surface area contributed by atoms with Gasteiger partial charge >= 0.3 is 0 Å². The van der Waals surface area contributed by atoms with Crippen LogP contribution in [0, 0.1) is 0 Å². The second-order valence-electron chi connectivity index (χ2n) is 5.16. The molecule has 2 nitrogen and oxygen atoms in total. The van der Waals surface area contributed by atoms with Crippen molar-refractivity contribution in [1.82, 2.24) is 0 Å². The molecular formula is C17H16O2. The highest BCUT2D eigenvalue weighted by molar-refractivity contribution is 5.95. The number of ether oxygens (including phenoxy) is 2. The second-order valence-corrected chi connectivity index (χ2v) is 5.16. The zero-order valence-corrected chi connectivity index (χ0v) is 10.7. The van der Waals surface area contributed by atoms with Crippen molar-refractivity contribution in [3.63, 3.8) is 0 Å². The molecule has 1 aliphatic heterocycles. The molecule has 2 aromatic carbocycles. The lowest BCUT2D eigenvalue weighted by Crippen LogP contribution is -2.33. The summed E-state index contributed by atoms with van der Waals surface area (Å²) in [5.41, 5.74) is 2.67. The molecule has 0 radical (unpaired) electrons. The van der Waals surface area contributed by atoms with Crippen LogP contribution in [0.25, 0.3) is 16.8 Å². The van der Waals surface area contributed by atoms with E-state index in [9.17, 15) is 0 Å². The Kier molecular flexibility index (Phi) is 2.64. The summed E-state index contributed by atoms with van der Waals surface area (Å²) in [5, 5.41) is 2.67. The van der Waals surface area contributed by atoms with E-state index in [0.717, 1.165) is 0 Å². The monoisotopic (exact) mass is 252 g/mol. The second kappa shape index (κ2) is 4.48. The van der Waals surface area contributed by atoms with Gasteiger partial charge in [0.15, 0.2) is 0 Å². The van der Waals surface area contributed by atoms with E-state index in [1.54, 1.807) is 0 Å². The van der Waals surface area contributed by atoms with Gasteiger partial charge in [0.25, 0.3) is 0 Å². The smallest absolute Gasteiger partial charge is 0.0912 e. The average Bonchev–Trinajstić information content (AvgIpc) is 2.49. The lowest BCUT2D eigenvalue weighted by atomic mass is 9.83. The van der Waals surface area contributed by atoms with Crippen molar-refractivity contribution >= 4 is 16.8 Å². The average molecular weight is 252 g/mol. The van der Waals surface area contributed by atoms with Crippen molar-refractivity contribution in [3.05, 3.63) is 53.6 Å². The number of benzene rings is 2. The zero-order valence-electron chi connectivity index (χ0n) is 10.7. The number of hydrogen-bond acceptors (Lipinski definition) is 2. The molecule has 2 unspecified atom stereocenters. The normalized spacial score (nSPS) is 25.7. The van der Waals surface area contributed by atoms with Crippen molar-refractivity contribution in [3.8, 4) is 0 Å². The van der Waals surface area contributed by atoms with Gasteiger partial charge in [-0.2, -0.15) is 0 Å². The van der Waals surface area contributed by atoms with Crippen molar-refractivity contribution in [2.45, 2.75) is 12.0 Å². The highest BCUT2D eigenvalue weighted by Gasteiger charge is 2.28. The van der Waals surface area contributed by atoms with E-state index in [4.69, 9.17) is 9.47 Å². The molecule has 2 atom stereocenters. The summed E-state index contributed by atoms with van der Waals surface area (Å²) >= 11 is 0. The molecule has 1 aliphatic carbocycles. The van der Waals surface area contributed by atoms with Crippen molar-refractivity contribution < 1.29 is 9.47 Å². The van der Waals surface area contributed by atoms with Gasteiger partial charge in [0.2, 0.25) is 0 Å². The molecule has 2 aromatic rings. The minimum atomic E-state index is 0.143. The van der Waals surface area contributed by atoms with Gasteiger partial charge in [0.05, 0.1) is 25.9 Å². The minimum Gasteiger partial charge on any atom is -0.376 e. The summed E-state index contributed by atoms with van der Waals surface area (Å²) in [4.78, 5) is 0. The number of hydrogen-bond donors (Lipinski definition) is 0.